The molecule has 6 heteroatoms. The molecular weight excluding hydrogens is 352 g/mol. The van der Waals surface area contributed by atoms with Crippen molar-refractivity contribution in [3.63, 3.8) is 0 Å². The van der Waals surface area contributed by atoms with Gasteiger partial charge in [-0.2, -0.15) is 10.2 Å². The molecule has 0 atom stereocenters. The number of rotatable bonds is 9. The summed E-state index contributed by atoms with van der Waals surface area (Å²) in [7, 11) is 0. The molecule has 0 saturated carbocycles. The first-order valence-corrected chi connectivity index (χ1v) is 9.25. The Morgan fingerprint density at radius 3 is 1.39 bits per heavy atom. The van der Waals surface area contributed by atoms with E-state index < -0.39 is 0 Å². The summed E-state index contributed by atoms with van der Waals surface area (Å²) in [6, 6.07) is 19.8. The quantitative estimate of drug-likeness (QED) is 0.519. The molecule has 2 rings (SSSR count). The van der Waals surface area contributed by atoms with Crippen LogP contribution >= 0.6 is 0 Å². The van der Waals surface area contributed by atoms with Crippen molar-refractivity contribution in [2.24, 2.45) is 10.2 Å². The van der Waals surface area contributed by atoms with Crippen LogP contribution in [0, 0.1) is 0 Å². The summed E-state index contributed by atoms with van der Waals surface area (Å²) in [5, 5.41) is 8.15. The van der Waals surface area contributed by atoms with Gasteiger partial charge in [0.2, 0.25) is 11.8 Å². The first-order valence-electron chi connectivity index (χ1n) is 9.25. The Bertz CT molecular complexity index is 759. The van der Waals surface area contributed by atoms with Crippen molar-refractivity contribution in [3.05, 3.63) is 71.8 Å². The fourth-order valence-corrected chi connectivity index (χ4v) is 2.52. The number of carbonyl (C=O) groups excluding carboxylic acids is 2. The number of benzene rings is 2. The van der Waals surface area contributed by atoms with Crippen LogP contribution in [0.5, 0.6) is 0 Å². The van der Waals surface area contributed by atoms with Crippen LogP contribution < -0.4 is 10.9 Å². The number of hydrazone groups is 2. The third kappa shape index (κ3) is 8.40. The highest BCUT2D eigenvalue weighted by molar-refractivity contribution is 5.88. The van der Waals surface area contributed by atoms with Gasteiger partial charge in [-0.25, -0.2) is 10.9 Å². The number of nitrogens with zero attached hydrogens (tertiary/aromatic N) is 2. The van der Waals surface area contributed by atoms with Crippen molar-refractivity contribution in [2.45, 2.75) is 39.5 Å². The SMILES string of the molecule is CC(Cc1ccccc1)=NNC(=O)CCC(=O)NN=C(C)Cc1ccccc1. The lowest BCUT2D eigenvalue weighted by atomic mass is 10.1. The molecule has 28 heavy (non-hydrogen) atoms. The maximum atomic E-state index is 11.8. The highest BCUT2D eigenvalue weighted by Gasteiger charge is 2.06. The van der Waals surface area contributed by atoms with Crippen molar-refractivity contribution in [1.29, 1.82) is 0 Å². The van der Waals surface area contributed by atoms with Gasteiger partial charge in [0.1, 0.15) is 0 Å². The monoisotopic (exact) mass is 378 g/mol. The first-order chi connectivity index (χ1) is 13.5. The van der Waals surface area contributed by atoms with Crippen molar-refractivity contribution in [2.75, 3.05) is 0 Å². The van der Waals surface area contributed by atoms with E-state index >= 15 is 0 Å². The summed E-state index contributed by atoms with van der Waals surface area (Å²) in [4.78, 5) is 23.7. The van der Waals surface area contributed by atoms with Crippen molar-refractivity contribution >= 4 is 23.2 Å². The van der Waals surface area contributed by atoms with Gasteiger partial charge >= 0.3 is 0 Å². The van der Waals surface area contributed by atoms with Crippen LogP contribution in [0.4, 0.5) is 0 Å². The Balaban J connectivity index is 1.68. The Morgan fingerprint density at radius 2 is 1.04 bits per heavy atom. The Hall–Kier alpha value is -3.28. The van der Waals surface area contributed by atoms with Crippen LogP contribution in [0.15, 0.2) is 70.9 Å². The van der Waals surface area contributed by atoms with Crippen LogP contribution in [-0.2, 0) is 22.4 Å². The van der Waals surface area contributed by atoms with Gasteiger partial charge in [-0.05, 0) is 25.0 Å². The largest absolute Gasteiger partial charge is 0.273 e. The van der Waals surface area contributed by atoms with Gasteiger partial charge in [0.05, 0.1) is 0 Å². The molecule has 0 aliphatic rings. The lowest BCUT2D eigenvalue weighted by Gasteiger charge is -2.04. The summed E-state index contributed by atoms with van der Waals surface area (Å²) in [5.74, 6) is -0.597. The van der Waals surface area contributed by atoms with Crippen LogP contribution in [-0.4, -0.2) is 23.2 Å². The molecule has 0 heterocycles. The fraction of sp³-hybridized carbons (Fsp3) is 0.273. The van der Waals surface area contributed by atoms with E-state index in [0.29, 0.717) is 12.8 Å². The maximum Gasteiger partial charge on any atom is 0.240 e. The second kappa shape index (κ2) is 11.4. The second-order valence-corrected chi connectivity index (χ2v) is 6.59. The molecule has 6 nitrogen and oxygen atoms in total. The summed E-state index contributed by atoms with van der Waals surface area (Å²) in [5.41, 5.74) is 8.82. The number of amides is 2. The molecule has 0 unspecified atom stereocenters. The normalized spacial score (nSPS) is 11.8. The Labute approximate surface area is 165 Å². The second-order valence-electron chi connectivity index (χ2n) is 6.59. The van der Waals surface area contributed by atoms with Gasteiger partial charge in [0.25, 0.3) is 0 Å². The molecule has 2 aromatic carbocycles. The van der Waals surface area contributed by atoms with Gasteiger partial charge in [-0.3, -0.25) is 9.59 Å². The predicted molar refractivity (Wildman–Crippen MR) is 112 cm³/mol. The van der Waals surface area contributed by atoms with E-state index in [0.717, 1.165) is 22.6 Å². The number of hydrogen-bond donors (Lipinski definition) is 2. The van der Waals surface area contributed by atoms with E-state index in [2.05, 4.69) is 21.1 Å². The fourth-order valence-electron chi connectivity index (χ4n) is 2.52. The zero-order chi connectivity index (χ0) is 20.2. The van der Waals surface area contributed by atoms with E-state index in [4.69, 9.17) is 0 Å². The Morgan fingerprint density at radius 1 is 0.679 bits per heavy atom. The molecule has 0 aliphatic heterocycles. The third-order valence-corrected chi connectivity index (χ3v) is 3.93. The van der Waals surface area contributed by atoms with Gasteiger partial charge in [0.15, 0.2) is 0 Å². The van der Waals surface area contributed by atoms with Crippen molar-refractivity contribution in [1.82, 2.24) is 10.9 Å². The zero-order valence-corrected chi connectivity index (χ0v) is 16.3. The molecule has 0 aliphatic carbocycles. The van der Waals surface area contributed by atoms with Crippen molar-refractivity contribution < 1.29 is 9.59 Å². The minimum Gasteiger partial charge on any atom is -0.273 e. The molecule has 146 valence electrons. The lowest BCUT2D eigenvalue weighted by molar-refractivity contribution is -0.126. The van der Waals surface area contributed by atoms with Crippen LogP contribution in [0.25, 0.3) is 0 Å². The van der Waals surface area contributed by atoms with E-state index in [1.165, 1.54) is 0 Å². The number of hydrogen-bond acceptors (Lipinski definition) is 4. The zero-order valence-electron chi connectivity index (χ0n) is 16.3. The maximum absolute atomic E-state index is 11.8. The number of carbonyl (C=O) groups is 2. The molecule has 0 spiro atoms. The predicted octanol–water partition coefficient (Wildman–Crippen LogP) is 3.24. The number of nitrogens with one attached hydrogen (secondary N) is 2. The highest BCUT2D eigenvalue weighted by Crippen LogP contribution is 2.01. The average molecular weight is 378 g/mol. The van der Waals surface area contributed by atoms with Gasteiger partial charge in [-0.1, -0.05) is 60.7 Å². The molecule has 2 amide bonds. The molecular formula is C22H26N4O2. The standard InChI is InChI=1S/C22H26N4O2/c1-17(15-19-9-5-3-6-10-19)23-25-21(27)13-14-22(28)26-24-18(2)16-20-11-7-4-8-12-20/h3-12H,13-16H2,1-2H3,(H,25,27)(H,26,28). The molecule has 2 aromatic rings. The smallest absolute Gasteiger partial charge is 0.240 e. The van der Waals surface area contributed by atoms with E-state index in [9.17, 15) is 9.59 Å². The first kappa shape index (κ1) is 21.0. The molecule has 0 radical (unpaired) electrons. The topological polar surface area (TPSA) is 82.9 Å². The van der Waals surface area contributed by atoms with Crippen molar-refractivity contribution in [3.8, 4) is 0 Å². The molecule has 0 aromatic heterocycles. The summed E-state index contributed by atoms with van der Waals surface area (Å²) >= 11 is 0. The van der Waals surface area contributed by atoms with E-state index in [1.807, 2.05) is 74.5 Å². The van der Waals surface area contributed by atoms with Crippen LogP contribution in [0.2, 0.25) is 0 Å². The van der Waals surface area contributed by atoms with E-state index in [1.54, 1.807) is 0 Å². The minimum atomic E-state index is -0.299. The lowest BCUT2D eigenvalue weighted by Crippen LogP contribution is -2.24. The van der Waals surface area contributed by atoms with Crippen LogP contribution in [0.3, 0.4) is 0 Å². The van der Waals surface area contributed by atoms with Crippen LogP contribution in [0.1, 0.15) is 37.8 Å². The summed E-state index contributed by atoms with van der Waals surface area (Å²) < 4.78 is 0. The molecule has 0 saturated heterocycles. The molecule has 0 bridgehead atoms. The highest BCUT2D eigenvalue weighted by atomic mass is 16.2. The Kier molecular flexibility index (Phi) is 8.59. The molecule has 2 N–H and O–H groups in total. The average Bonchev–Trinajstić information content (AvgIpc) is 2.70. The van der Waals surface area contributed by atoms with Gasteiger partial charge in [-0.15, -0.1) is 0 Å². The van der Waals surface area contributed by atoms with E-state index in [-0.39, 0.29) is 24.7 Å². The molecule has 0 fully saturated rings. The van der Waals surface area contributed by atoms with Gasteiger partial charge in [0, 0.05) is 37.1 Å². The minimum absolute atomic E-state index is 0.0567. The van der Waals surface area contributed by atoms with Gasteiger partial charge < -0.3 is 0 Å². The third-order valence-electron chi connectivity index (χ3n) is 3.93. The summed E-state index contributed by atoms with van der Waals surface area (Å²) in [6.07, 6.45) is 1.44. The summed E-state index contributed by atoms with van der Waals surface area (Å²) in [6.45, 7) is 3.70.